The minimum absolute atomic E-state index is 0.261. The van der Waals surface area contributed by atoms with Gasteiger partial charge in [-0.15, -0.1) is 0 Å². The zero-order chi connectivity index (χ0) is 15.1. The van der Waals surface area contributed by atoms with E-state index in [2.05, 4.69) is 15.6 Å². The lowest BCUT2D eigenvalue weighted by molar-refractivity contribution is 0.0953. The Bertz CT molecular complexity index is 616. The van der Waals surface area contributed by atoms with Gasteiger partial charge < -0.3 is 10.6 Å². The fourth-order valence-electron chi connectivity index (χ4n) is 1.88. The number of hydrogen-bond acceptors (Lipinski definition) is 3. The largest absolute Gasteiger partial charge is 0.370 e. The molecule has 0 aliphatic carbocycles. The molecule has 0 spiro atoms. The monoisotopic (exact) mass is 287 g/mol. The molecular weight excluding hydrogens is 269 g/mol. The number of halogens is 1. The Balaban J connectivity index is 1.69. The number of aromatic nitrogens is 1. The van der Waals surface area contributed by atoms with Crippen LogP contribution in [-0.2, 0) is 0 Å². The number of rotatable bonds is 6. The highest BCUT2D eigenvalue weighted by molar-refractivity contribution is 5.94. The Hall–Kier alpha value is -2.43. The molecule has 1 aromatic carbocycles. The third kappa shape index (κ3) is 4.87. The maximum Gasteiger partial charge on any atom is 0.251 e. The molecular formula is C16H18FN3O. The summed E-state index contributed by atoms with van der Waals surface area (Å²) in [5.41, 5.74) is 1.29. The number of pyridine rings is 1. The lowest BCUT2D eigenvalue weighted by Gasteiger charge is -2.07. The molecule has 2 aromatic rings. The predicted octanol–water partition coefficient (Wildman–Crippen LogP) is 2.76. The van der Waals surface area contributed by atoms with Crippen molar-refractivity contribution in [3.05, 3.63) is 59.5 Å². The summed E-state index contributed by atoms with van der Waals surface area (Å²) in [6, 6.07) is 11.4. The molecule has 1 aromatic heterocycles. The van der Waals surface area contributed by atoms with Gasteiger partial charge >= 0.3 is 0 Å². The number of nitrogens with zero attached hydrogens (tertiary/aromatic N) is 1. The normalized spacial score (nSPS) is 10.2. The van der Waals surface area contributed by atoms with E-state index in [1.54, 1.807) is 6.07 Å². The summed E-state index contributed by atoms with van der Waals surface area (Å²) in [6.07, 6.45) is 0.761. The van der Waals surface area contributed by atoms with Crippen molar-refractivity contribution in [3.8, 4) is 0 Å². The average molecular weight is 287 g/mol. The number of nitrogens with one attached hydrogen (secondary N) is 2. The summed E-state index contributed by atoms with van der Waals surface area (Å²) in [5.74, 6) is 0.157. The summed E-state index contributed by atoms with van der Waals surface area (Å²) in [7, 11) is 0. The molecule has 0 atom stereocenters. The topological polar surface area (TPSA) is 54.0 Å². The number of amides is 1. The zero-order valence-electron chi connectivity index (χ0n) is 11.9. The maximum absolute atomic E-state index is 13.0. The highest BCUT2D eigenvalue weighted by Gasteiger charge is 2.05. The van der Waals surface area contributed by atoms with Gasteiger partial charge in [-0.05, 0) is 43.7 Å². The van der Waals surface area contributed by atoms with Gasteiger partial charge in [-0.1, -0.05) is 12.1 Å². The number of carbonyl (C=O) groups is 1. The first-order chi connectivity index (χ1) is 10.1. The summed E-state index contributed by atoms with van der Waals surface area (Å²) < 4.78 is 13.0. The highest BCUT2D eigenvalue weighted by atomic mass is 19.1. The fraction of sp³-hybridized carbons (Fsp3) is 0.250. The van der Waals surface area contributed by atoms with Crippen LogP contribution >= 0.6 is 0 Å². The molecule has 2 rings (SSSR count). The van der Waals surface area contributed by atoms with Crippen molar-refractivity contribution in [2.45, 2.75) is 13.3 Å². The van der Waals surface area contributed by atoms with Crippen LogP contribution in [0.2, 0.25) is 0 Å². The number of benzene rings is 1. The molecule has 0 aliphatic rings. The molecule has 1 amide bonds. The van der Waals surface area contributed by atoms with Crippen LogP contribution in [0.25, 0.3) is 0 Å². The second-order valence-corrected chi connectivity index (χ2v) is 4.71. The lowest BCUT2D eigenvalue weighted by atomic mass is 10.2. The van der Waals surface area contributed by atoms with E-state index in [0.717, 1.165) is 17.9 Å². The Morgan fingerprint density at radius 3 is 2.76 bits per heavy atom. The van der Waals surface area contributed by atoms with Crippen molar-refractivity contribution in [2.75, 3.05) is 18.4 Å². The van der Waals surface area contributed by atoms with Crippen molar-refractivity contribution in [1.29, 1.82) is 0 Å². The van der Waals surface area contributed by atoms with Crippen molar-refractivity contribution in [2.24, 2.45) is 0 Å². The van der Waals surface area contributed by atoms with E-state index in [9.17, 15) is 9.18 Å². The first-order valence-electron chi connectivity index (χ1n) is 6.86. The highest BCUT2D eigenvalue weighted by Crippen LogP contribution is 2.04. The van der Waals surface area contributed by atoms with Crippen LogP contribution in [0.15, 0.2) is 42.5 Å². The molecule has 4 nitrogen and oxygen atoms in total. The van der Waals surface area contributed by atoms with Crippen LogP contribution in [0.5, 0.6) is 0 Å². The lowest BCUT2D eigenvalue weighted by Crippen LogP contribution is -2.25. The van der Waals surface area contributed by atoms with Crippen LogP contribution in [0.3, 0.4) is 0 Å². The summed E-state index contributed by atoms with van der Waals surface area (Å²) in [4.78, 5) is 16.1. The number of hydrogen-bond donors (Lipinski definition) is 2. The van der Waals surface area contributed by atoms with Gasteiger partial charge in [0.1, 0.15) is 11.6 Å². The van der Waals surface area contributed by atoms with Crippen LogP contribution in [-0.4, -0.2) is 24.0 Å². The number of anilines is 1. The molecule has 21 heavy (non-hydrogen) atoms. The predicted molar refractivity (Wildman–Crippen MR) is 80.8 cm³/mol. The van der Waals surface area contributed by atoms with Crippen LogP contribution < -0.4 is 10.6 Å². The molecule has 0 unspecified atom stereocenters. The maximum atomic E-state index is 13.0. The third-order valence-electron chi connectivity index (χ3n) is 2.92. The summed E-state index contributed by atoms with van der Waals surface area (Å²) in [6.45, 7) is 3.17. The van der Waals surface area contributed by atoms with E-state index in [1.165, 1.54) is 18.2 Å². The molecule has 0 saturated heterocycles. The van der Waals surface area contributed by atoms with E-state index < -0.39 is 5.82 Å². The van der Waals surface area contributed by atoms with Crippen molar-refractivity contribution < 1.29 is 9.18 Å². The van der Waals surface area contributed by atoms with Crippen molar-refractivity contribution in [3.63, 3.8) is 0 Å². The van der Waals surface area contributed by atoms with Gasteiger partial charge in [0.2, 0.25) is 0 Å². The van der Waals surface area contributed by atoms with Crippen molar-refractivity contribution in [1.82, 2.24) is 10.3 Å². The minimum Gasteiger partial charge on any atom is -0.370 e. The van der Waals surface area contributed by atoms with E-state index in [-0.39, 0.29) is 5.91 Å². The van der Waals surface area contributed by atoms with Crippen LogP contribution in [0.4, 0.5) is 10.2 Å². The summed E-state index contributed by atoms with van der Waals surface area (Å²) in [5, 5.41) is 5.94. The molecule has 0 saturated carbocycles. The molecule has 0 aliphatic heterocycles. The first-order valence-corrected chi connectivity index (χ1v) is 6.86. The van der Waals surface area contributed by atoms with Crippen LogP contribution in [0.1, 0.15) is 22.5 Å². The Morgan fingerprint density at radius 2 is 2.00 bits per heavy atom. The van der Waals surface area contributed by atoms with Gasteiger partial charge in [-0.2, -0.15) is 0 Å². The second kappa shape index (κ2) is 7.38. The van der Waals surface area contributed by atoms with Gasteiger partial charge in [0.25, 0.3) is 5.91 Å². The Labute approximate surface area is 123 Å². The van der Waals surface area contributed by atoms with E-state index in [4.69, 9.17) is 0 Å². The molecule has 0 radical (unpaired) electrons. The quantitative estimate of drug-likeness (QED) is 0.803. The fourth-order valence-corrected chi connectivity index (χ4v) is 1.88. The molecule has 110 valence electrons. The molecule has 1 heterocycles. The minimum atomic E-state index is -0.408. The Kier molecular flexibility index (Phi) is 5.26. The average Bonchev–Trinajstić information content (AvgIpc) is 2.47. The SMILES string of the molecule is Cc1cccc(NCCCNC(=O)c2cccc(F)c2)n1. The standard InChI is InChI=1S/C16H18FN3O/c1-12-5-2-8-15(20-12)18-9-4-10-19-16(21)13-6-3-7-14(17)11-13/h2-3,5-8,11H,4,9-10H2,1H3,(H,18,20)(H,19,21). The van der Waals surface area contributed by atoms with E-state index >= 15 is 0 Å². The summed E-state index contributed by atoms with van der Waals surface area (Å²) >= 11 is 0. The van der Waals surface area contributed by atoms with Gasteiger partial charge in [0.15, 0.2) is 0 Å². The van der Waals surface area contributed by atoms with E-state index in [0.29, 0.717) is 18.7 Å². The van der Waals surface area contributed by atoms with Gasteiger partial charge in [-0.25, -0.2) is 9.37 Å². The Morgan fingerprint density at radius 1 is 1.19 bits per heavy atom. The molecule has 0 bridgehead atoms. The molecule has 0 fully saturated rings. The van der Waals surface area contributed by atoms with Gasteiger partial charge in [-0.3, -0.25) is 4.79 Å². The first kappa shape index (κ1) is 15.0. The van der Waals surface area contributed by atoms with Crippen LogP contribution in [0, 0.1) is 12.7 Å². The molecule has 5 heteroatoms. The molecule has 2 N–H and O–H groups in total. The van der Waals surface area contributed by atoms with Gasteiger partial charge in [0.05, 0.1) is 0 Å². The van der Waals surface area contributed by atoms with Crippen molar-refractivity contribution >= 4 is 11.7 Å². The van der Waals surface area contributed by atoms with E-state index in [1.807, 2.05) is 25.1 Å². The zero-order valence-corrected chi connectivity index (χ0v) is 11.9. The number of aryl methyl sites for hydroxylation is 1. The third-order valence-corrected chi connectivity index (χ3v) is 2.92. The van der Waals surface area contributed by atoms with Gasteiger partial charge in [0, 0.05) is 24.3 Å². The second-order valence-electron chi connectivity index (χ2n) is 4.71. The smallest absolute Gasteiger partial charge is 0.251 e. The number of carbonyl (C=O) groups excluding carboxylic acids is 1.